The highest BCUT2D eigenvalue weighted by molar-refractivity contribution is 7.57. The maximum Gasteiger partial charge on any atom is 0.355 e. The van der Waals surface area contributed by atoms with Crippen LogP contribution in [0.1, 0.15) is 32.4 Å². The molecule has 1 N–H and O–H groups in total. The van der Waals surface area contributed by atoms with Gasteiger partial charge in [-0.3, -0.25) is 4.57 Å². The van der Waals surface area contributed by atoms with Gasteiger partial charge in [0.15, 0.2) is 0 Å². The van der Waals surface area contributed by atoms with E-state index >= 15 is 0 Å². The van der Waals surface area contributed by atoms with Crippen LogP contribution in [0, 0.1) is 0 Å². The summed E-state index contributed by atoms with van der Waals surface area (Å²) in [5, 5.41) is 5.67. The van der Waals surface area contributed by atoms with Crippen molar-refractivity contribution in [3.05, 3.63) is 60.0 Å². The van der Waals surface area contributed by atoms with Crippen molar-refractivity contribution in [3.8, 4) is 0 Å². The lowest BCUT2D eigenvalue weighted by Crippen LogP contribution is -2.12. The van der Waals surface area contributed by atoms with Gasteiger partial charge in [-0.15, -0.1) is 0 Å². The van der Waals surface area contributed by atoms with Gasteiger partial charge < -0.3 is 14.4 Å². The summed E-state index contributed by atoms with van der Waals surface area (Å²) in [5.41, 5.74) is 1.19. The summed E-state index contributed by atoms with van der Waals surface area (Å²) in [7, 11) is -3.16. The normalized spacial score (nSPS) is 13.5. The SMILES string of the molecule is CCOP(=O)(/C=C/N[C@H](C)c1cccc2ccccc12)OCC. The van der Waals surface area contributed by atoms with E-state index in [1.54, 1.807) is 20.0 Å². The van der Waals surface area contributed by atoms with Crippen LogP contribution in [0.5, 0.6) is 0 Å². The van der Waals surface area contributed by atoms with Crippen molar-refractivity contribution in [3.63, 3.8) is 0 Å². The Morgan fingerprint density at radius 1 is 1.09 bits per heavy atom. The van der Waals surface area contributed by atoms with E-state index < -0.39 is 7.60 Å². The van der Waals surface area contributed by atoms with E-state index in [0.29, 0.717) is 13.2 Å². The van der Waals surface area contributed by atoms with E-state index in [2.05, 4.69) is 36.5 Å². The topological polar surface area (TPSA) is 47.6 Å². The lowest BCUT2D eigenvalue weighted by molar-refractivity contribution is 0.228. The van der Waals surface area contributed by atoms with Crippen molar-refractivity contribution in [2.24, 2.45) is 0 Å². The Kier molecular flexibility index (Phi) is 6.40. The highest BCUT2D eigenvalue weighted by Crippen LogP contribution is 2.49. The van der Waals surface area contributed by atoms with Crippen molar-refractivity contribution in [2.45, 2.75) is 26.8 Å². The third-order valence-electron chi connectivity index (χ3n) is 3.51. The molecule has 4 nitrogen and oxygen atoms in total. The molecule has 0 radical (unpaired) electrons. The van der Waals surface area contributed by atoms with Crippen LogP contribution in [0.2, 0.25) is 0 Å². The molecule has 23 heavy (non-hydrogen) atoms. The van der Waals surface area contributed by atoms with Crippen LogP contribution >= 0.6 is 7.60 Å². The van der Waals surface area contributed by atoms with Gasteiger partial charge in [0.2, 0.25) is 0 Å². The van der Waals surface area contributed by atoms with Crippen molar-refractivity contribution >= 4 is 18.4 Å². The first-order valence-electron chi connectivity index (χ1n) is 7.90. The number of fused-ring (bicyclic) bond motifs is 1. The molecule has 1 atom stereocenters. The Bertz CT molecular complexity index is 699. The molecular weight excluding hydrogens is 309 g/mol. The van der Waals surface area contributed by atoms with Crippen molar-refractivity contribution in [1.82, 2.24) is 5.32 Å². The molecule has 0 aromatic heterocycles. The van der Waals surface area contributed by atoms with Crippen LogP contribution in [0.3, 0.4) is 0 Å². The van der Waals surface area contributed by atoms with Gasteiger partial charge in [0.1, 0.15) is 0 Å². The molecule has 0 saturated carbocycles. The second-order valence-corrected chi connectivity index (χ2v) is 7.04. The van der Waals surface area contributed by atoms with Gasteiger partial charge in [-0.05, 0) is 37.1 Å². The van der Waals surface area contributed by atoms with E-state index in [0.717, 1.165) is 0 Å². The standard InChI is InChI=1S/C18H24NO3P/c1-4-21-23(20,22-5-2)14-13-19-15(3)17-12-8-10-16-9-6-7-11-18(16)17/h6-15,19H,4-5H2,1-3H3/b14-13+/t15-/m1/s1. The maximum atomic E-state index is 12.4. The summed E-state index contributed by atoms with van der Waals surface area (Å²) >= 11 is 0. The van der Waals surface area contributed by atoms with Gasteiger partial charge in [0, 0.05) is 18.1 Å². The minimum atomic E-state index is -3.16. The molecule has 124 valence electrons. The zero-order valence-electron chi connectivity index (χ0n) is 13.9. The van der Waals surface area contributed by atoms with E-state index in [9.17, 15) is 4.57 Å². The molecular formula is C18H24NO3P. The smallest absolute Gasteiger partial charge is 0.355 e. The summed E-state index contributed by atoms with van der Waals surface area (Å²) in [6, 6.07) is 14.6. The van der Waals surface area contributed by atoms with Gasteiger partial charge in [-0.2, -0.15) is 0 Å². The van der Waals surface area contributed by atoms with Gasteiger partial charge in [-0.1, -0.05) is 42.5 Å². The molecule has 0 amide bonds. The fourth-order valence-electron chi connectivity index (χ4n) is 2.48. The summed E-state index contributed by atoms with van der Waals surface area (Å²) in [6.45, 7) is 6.36. The molecule has 0 bridgehead atoms. The predicted molar refractivity (Wildman–Crippen MR) is 95.5 cm³/mol. The van der Waals surface area contributed by atoms with E-state index in [4.69, 9.17) is 9.05 Å². The molecule has 2 rings (SSSR count). The molecule has 0 heterocycles. The lowest BCUT2D eigenvalue weighted by Gasteiger charge is -2.16. The van der Waals surface area contributed by atoms with Crippen LogP contribution in [-0.2, 0) is 13.6 Å². The molecule has 0 spiro atoms. The second kappa shape index (κ2) is 8.30. The molecule has 0 aliphatic rings. The Balaban J connectivity index is 2.13. The molecule has 0 fully saturated rings. The van der Waals surface area contributed by atoms with Gasteiger partial charge in [0.25, 0.3) is 0 Å². The minimum absolute atomic E-state index is 0.0778. The van der Waals surface area contributed by atoms with Gasteiger partial charge in [-0.25, -0.2) is 0 Å². The highest BCUT2D eigenvalue weighted by Gasteiger charge is 2.19. The van der Waals surface area contributed by atoms with E-state index in [-0.39, 0.29) is 6.04 Å². The number of benzene rings is 2. The molecule has 0 aliphatic carbocycles. The first kappa shape index (κ1) is 17.7. The predicted octanol–water partition coefficient (Wildman–Crippen LogP) is 5.23. The van der Waals surface area contributed by atoms with Crippen LogP contribution in [0.25, 0.3) is 10.8 Å². The maximum absolute atomic E-state index is 12.4. The van der Waals surface area contributed by atoms with Crippen molar-refractivity contribution in [2.75, 3.05) is 13.2 Å². The largest absolute Gasteiger partial charge is 0.384 e. The highest BCUT2D eigenvalue weighted by atomic mass is 31.2. The van der Waals surface area contributed by atoms with Crippen LogP contribution in [-0.4, -0.2) is 13.2 Å². The van der Waals surface area contributed by atoms with Crippen molar-refractivity contribution < 1.29 is 13.6 Å². The van der Waals surface area contributed by atoms with E-state index in [1.165, 1.54) is 22.2 Å². The average Bonchev–Trinajstić information content (AvgIpc) is 2.54. The molecule has 5 heteroatoms. The zero-order valence-corrected chi connectivity index (χ0v) is 14.8. The Hall–Kier alpha value is -1.61. The number of hydrogen-bond acceptors (Lipinski definition) is 4. The number of hydrogen-bond donors (Lipinski definition) is 1. The number of nitrogens with one attached hydrogen (secondary N) is 1. The quantitative estimate of drug-likeness (QED) is 0.672. The Morgan fingerprint density at radius 2 is 1.74 bits per heavy atom. The Labute approximate surface area is 138 Å². The summed E-state index contributed by atoms with van der Waals surface area (Å²) in [5.74, 6) is 1.49. The fraction of sp³-hybridized carbons (Fsp3) is 0.333. The fourth-order valence-corrected chi connectivity index (χ4v) is 3.71. The molecule has 2 aromatic carbocycles. The average molecular weight is 333 g/mol. The van der Waals surface area contributed by atoms with Crippen LogP contribution in [0.15, 0.2) is 54.5 Å². The minimum Gasteiger partial charge on any atom is -0.384 e. The lowest BCUT2D eigenvalue weighted by atomic mass is 10.00. The summed E-state index contributed by atoms with van der Waals surface area (Å²) in [6.07, 6.45) is 1.67. The first-order valence-corrected chi connectivity index (χ1v) is 9.51. The zero-order chi connectivity index (χ0) is 16.7. The van der Waals surface area contributed by atoms with Crippen LogP contribution in [0.4, 0.5) is 0 Å². The van der Waals surface area contributed by atoms with Crippen molar-refractivity contribution in [1.29, 1.82) is 0 Å². The third kappa shape index (κ3) is 4.68. The second-order valence-electron chi connectivity index (χ2n) is 5.15. The monoisotopic (exact) mass is 333 g/mol. The first-order chi connectivity index (χ1) is 11.1. The molecule has 0 saturated heterocycles. The van der Waals surface area contributed by atoms with Crippen LogP contribution < -0.4 is 5.32 Å². The Morgan fingerprint density at radius 3 is 2.43 bits per heavy atom. The molecule has 0 aliphatic heterocycles. The van der Waals surface area contributed by atoms with Gasteiger partial charge >= 0.3 is 7.60 Å². The molecule has 0 unspecified atom stereocenters. The molecule has 2 aromatic rings. The number of rotatable bonds is 8. The summed E-state index contributed by atoms with van der Waals surface area (Å²) < 4.78 is 22.8. The third-order valence-corrected chi connectivity index (χ3v) is 5.26. The summed E-state index contributed by atoms with van der Waals surface area (Å²) in [4.78, 5) is 0. The van der Waals surface area contributed by atoms with Gasteiger partial charge in [0.05, 0.1) is 13.2 Å². The van der Waals surface area contributed by atoms with E-state index in [1.807, 2.05) is 18.2 Å².